The highest BCUT2D eigenvalue weighted by Crippen LogP contribution is 2.42. The molecule has 1 atom stereocenters. The molecule has 0 N–H and O–H groups in total. The Morgan fingerprint density at radius 1 is 1.35 bits per heavy atom. The summed E-state index contributed by atoms with van der Waals surface area (Å²) in [5, 5.41) is 0. The van der Waals surface area contributed by atoms with Gasteiger partial charge in [-0.25, -0.2) is 4.98 Å². The zero-order valence-electron chi connectivity index (χ0n) is 15.4. The minimum atomic E-state index is -0.00417. The molecule has 4 rings (SSSR count). The van der Waals surface area contributed by atoms with Crippen LogP contribution in [-0.4, -0.2) is 58.9 Å². The molecule has 3 heterocycles. The minimum absolute atomic E-state index is 0.00417. The summed E-state index contributed by atoms with van der Waals surface area (Å²) in [4.78, 5) is 33.7. The van der Waals surface area contributed by atoms with Crippen LogP contribution in [0.15, 0.2) is 18.3 Å². The first-order valence-corrected chi connectivity index (χ1v) is 9.78. The van der Waals surface area contributed by atoms with Crippen LogP contribution in [0.25, 0.3) is 0 Å². The Bertz CT molecular complexity index is 703. The standard InChI is InChI=1S/C20H27N3O3/c1-2-26-18-16(5-3-11-21-18)19(25)22-12-4-9-20(13-22)10-8-17(24)23(14-20)15-6-7-15/h3,5,11,15H,2,4,6-10,12-14H2,1H3. The van der Waals surface area contributed by atoms with Crippen molar-refractivity contribution in [2.45, 2.75) is 51.5 Å². The van der Waals surface area contributed by atoms with Gasteiger partial charge in [0.1, 0.15) is 5.56 Å². The van der Waals surface area contributed by atoms with Crippen molar-refractivity contribution in [1.29, 1.82) is 0 Å². The summed E-state index contributed by atoms with van der Waals surface area (Å²) in [7, 11) is 0. The molecule has 2 saturated heterocycles. The van der Waals surface area contributed by atoms with Crippen molar-refractivity contribution >= 4 is 11.8 Å². The fourth-order valence-corrected chi connectivity index (χ4v) is 4.45. The van der Waals surface area contributed by atoms with Gasteiger partial charge >= 0.3 is 0 Å². The topological polar surface area (TPSA) is 62.7 Å². The largest absolute Gasteiger partial charge is 0.477 e. The van der Waals surface area contributed by atoms with Crippen molar-refractivity contribution in [3.05, 3.63) is 23.9 Å². The van der Waals surface area contributed by atoms with E-state index in [1.165, 1.54) is 0 Å². The number of hydrogen-bond acceptors (Lipinski definition) is 4. The van der Waals surface area contributed by atoms with Crippen LogP contribution in [0.5, 0.6) is 5.88 Å². The van der Waals surface area contributed by atoms with Crippen molar-refractivity contribution in [3.63, 3.8) is 0 Å². The van der Waals surface area contributed by atoms with Gasteiger partial charge < -0.3 is 14.5 Å². The van der Waals surface area contributed by atoms with Crippen molar-refractivity contribution in [2.75, 3.05) is 26.2 Å². The third-order valence-corrected chi connectivity index (χ3v) is 5.91. The molecule has 2 amide bonds. The first-order chi connectivity index (χ1) is 12.6. The molecule has 26 heavy (non-hydrogen) atoms. The average Bonchev–Trinajstić information content (AvgIpc) is 3.49. The molecule has 6 heteroatoms. The van der Waals surface area contributed by atoms with E-state index >= 15 is 0 Å². The number of rotatable bonds is 4. The SMILES string of the molecule is CCOc1ncccc1C(=O)N1CCCC2(CCC(=O)N(C3CC3)C2)C1. The van der Waals surface area contributed by atoms with Gasteiger partial charge in [0.05, 0.1) is 6.61 Å². The zero-order chi connectivity index (χ0) is 18.1. The van der Waals surface area contributed by atoms with Crippen molar-refractivity contribution in [2.24, 2.45) is 5.41 Å². The fraction of sp³-hybridized carbons (Fsp3) is 0.650. The normalized spacial score (nSPS) is 26.3. The van der Waals surface area contributed by atoms with E-state index in [-0.39, 0.29) is 11.3 Å². The van der Waals surface area contributed by atoms with Crippen molar-refractivity contribution in [3.8, 4) is 5.88 Å². The average molecular weight is 357 g/mol. The van der Waals surface area contributed by atoms with Crippen LogP contribution in [0.1, 0.15) is 55.8 Å². The molecule has 1 aromatic rings. The summed E-state index contributed by atoms with van der Waals surface area (Å²) in [6.45, 7) is 4.68. The van der Waals surface area contributed by atoms with Gasteiger partial charge in [-0.2, -0.15) is 0 Å². The highest BCUT2D eigenvalue weighted by Gasteiger charge is 2.46. The highest BCUT2D eigenvalue weighted by atomic mass is 16.5. The molecule has 1 saturated carbocycles. The molecule has 0 aromatic carbocycles. The number of amides is 2. The van der Waals surface area contributed by atoms with Gasteiger partial charge in [0, 0.05) is 43.7 Å². The van der Waals surface area contributed by atoms with Crippen LogP contribution in [0, 0.1) is 5.41 Å². The maximum absolute atomic E-state index is 13.1. The Balaban J connectivity index is 1.51. The number of carbonyl (C=O) groups excluding carboxylic acids is 2. The predicted octanol–water partition coefficient (Wildman–Crippen LogP) is 2.49. The molecular weight excluding hydrogens is 330 g/mol. The number of nitrogens with zero attached hydrogens (tertiary/aromatic N) is 3. The molecular formula is C20H27N3O3. The van der Waals surface area contributed by atoms with Crippen LogP contribution in [0.3, 0.4) is 0 Å². The van der Waals surface area contributed by atoms with Gasteiger partial charge in [0.15, 0.2) is 0 Å². The fourth-order valence-electron chi connectivity index (χ4n) is 4.45. The highest BCUT2D eigenvalue weighted by molar-refractivity contribution is 5.96. The van der Waals surface area contributed by atoms with E-state index in [0.717, 1.165) is 51.7 Å². The molecule has 6 nitrogen and oxygen atoms in total. The number of aromatic nitrogens is 1. The lowest BCUT2D eigenvalue weighted by molar-refractivity contribution is -0.139. The van der Waals surface area contributed by atoms with E-state index in [1.54, 1.807) is 18.3 Å². The van der Waals surface area contributed by atoms with Crippen LogP contribution >= 0.6 is 0 Å². The van der Waals surface area contributed by atoms with Gasteiger partial charge in [-0.15, -0.1) is 0 Å². The van der Waals surface area contributed by atoms with Crippen molar-refractivity contribution in [1.82, 2.24) is 14.8 Å². The molecule has 0 bridgehead atoms. The van der Waals surface area contributed by atoms with E-state index in [9.17, 15) is 9.59 Å². The van der Waals surface area contributed by atoms with Crippen LogP contribution < -0.4 is 4.74 Å². The number of piperidine rings is 2. The van der Waals surface area contributed by atoms with E-state index in [1.807, 2.05) is 11.8 Å². The molecule has 2 aliphatic heterocycles. The van der Waals surface area contributed by atoms with Gasteiger partial charge in [-0.1, -0.05) is 0 Å². The Morgan fingerprint density at radius 2 is 2.19 bits per heavy atom. The second-order valence-electron chi connectivity index (χ2n) is 7.87. The van der Waals surface area contributed by atoms with E-state index in [2.05, 4.69) is 9.88 Å². The number of ether oxygens (including phenoxy) is 1. The summed E-state index contributed by atoms with van der Waals surface area (Å²) in [6, 6.07) is 4.03. The minimum Gasteiger partial charge on any atom is -0.477 e. The number of hydrogen-bond donors (Lipinski definition) is 0. The number of carbonyl (C=O) groups is 2. The van der Waals surface area contributed by atoms with Gasteiger partial charge in [-0.3, -0.25) is 9.59 Å². The zero-order valence-corrected chi connectivity index (χ0v) is 15.4. The van der Waals surface area contributed by atoms with Crippen LogP contribution in [0.4, 0.5) is 0 Å². The Kier molecular flexibility index (Phi) is 4.59. The number of pyridine rings is 1. The van der Waals surface area contributed by atoms with Gasteiger partial charge in [0.25, 0.3) is 5.91 Å². The quantitative estimate of drug-likeness (QED) is 0.831. The third kappa shape index (κ3) is 3.29. The first-order valence-electron chi connectivity index (χ1n) is 9.78. The maximum atomic E-state index is 13.1. The van der Waals surface area contributed by atoms with Gasteiger partial charge in [-0.05, 0) is 51.2 Å². The van der Waals surface area contributed by atoms with Crippen LogP contribution in [0.2, 0.25) is 0 Å². The third-order valence-electron chi connectivity index (χ3n) is 5.91. The summed E-state index contributed by atoms with van der Waals surface area (Å²) < 4.78 is 5.55. The summed E-state index contributed by atoms with van der Waals surface area (Å²) in [5.74, 6) is 0.709. The maximum Gasteiger partial charge on any atom is 0.259 e. The molecule has 3 fully saturated rings. The predicted molar refractivity (Wildman–Crippen MR) is 96.9 cm³/mol. The van der Waals surface area contributed by atoms with Crippen LogP contribution in [-0.2, 0) is 4.79 Å². The lowest BCUT2D eigenvalue weighted by Gasteiger charge is -2.48. The van der Waals surface area contributed by atoms with E-state index in [0.29, 0.717) is 36.4 Å². The van der Waals surface area contributed by atoms with Crippen molar-refractivity contribution < 1.29 is 14.3 Å². The Morgan fingerprint density at radius 3 is 2.96 bits per heavy atom. The molecule has 140 valence electrons. The van der Waals surface area contributed by atoms with E-state index in [4.69, 9.17) is 4.74 Å². The lowest BCUT2D eigenvalue weighted by atomic mass is 9.73. The molecule has 1 aromatic heterocycles. The second kappa shape index (κ2) is 6.89. The molecule has 1 aliphatic carbocycles. The summed E-state index contributed by atoms with van der Waals surface area (Å²) >= 11 is 0. The lowest BCUT2D eigenvalue weighted by Crippen LogP contribution is -2.55. The number of likely N-dealkylation sites (tertiary alicyclic amines) is 2. The molecule has 1 spiro atoms. The monoisotopic (exact) mass is 357 g/mol. The molecule has 1 unspecified atom stereocenters. The molecule has 3 aliphatic rings. The molecule has 0 radical (unpaired) electrons. The second-order valence-corrected chi connectivity index (χ2v) is 7.87. The first kappa shape index (κ1) is 17.3. The van der Waals surface area contributed by atoms with E-state index < -0.39 is 0 Å². The smallest absolute Gasteiger partial charge is 0.259 e. The summed E-state index contributed by atoms with van der Waals surface area (Å²) in [6.07, 6.45) is 7.52. The Hall–Kier alpha value is -2.11. The Labute approximate surface area is 154 Å². The summed E-state index contributed by atoms with van der Waals surface area (Å²) in [5.41, 5.74) is 0.593. The van der Waals surface area contributed by atoms with Gasteiger partial charge in [0.2, 0.25) is 11.8 Å².